The number of thiazole rings is 1. The second-order valence-corrected chi connectivity index (χ2v) is 4.56. The van der Waals surface area contributed by atoms with E-state index in [2.05, 4.69) is 28.2 Å². The lowest BCUT2D eigenvalue weighted by atomic mass is 10.1. The fraction of sp³-hybridized carbons (Fsp3) is 0. The van der Waals surface area contributed by atoms with Crippen molar-refractivity contribution in [3.63, 3.8) is 0 Å². The van der Waals surface area contributed by atoms with Crippen molar-refractivity contribution in [3.8, 4) is 21.7 Å². The van der Waals surface area contributed by atoms with Crippen LogP contribution in [0.1, 0.15) is 0 Å². The minimum absolute atomic E-state index is 1.01. The minimum atomic E-state index is 1.01. The molecule has 17 heavy (non-hydrogen) atoms. The van der Waals surface area contributed by atoms with E-state index in [9.17, 15) is 0 Å². The van der Waals surface area contributed by atoms with Gasteiger partial charge in [0.2, 0.25) is 0 Å². The van der Waals surface area contributed by atoms with E-state index in [0.717, 1.165) is 16.1 Å². The number of hydrogen-bond acceptors (Lipinski definition) is 3. The average molecular weight is 238 g/mol. The van der Waals surface area contributed by atoms with Gasteiger partial charge >= 0.3 is 0 Å². The molecule has 0 amide bonds. The summed E-state index contributed by atoms with van der Waals surface area (Å²) >= 11 is 1.63. The minimum Gasteiger partial charge on any atom is -0.263 e. The second kappa shape index (κ2) is 4.47. The summed E-state index contributed by atoms with van der Waals surface area (Å²) in [6, 6.07) is 12.4. The Hall–Kier alpha value is -2.00. The smallest absolute Gasteiger partial charge is 0.124 e. The van der Waals surface area contributed by atoms with E-state index in [1.54, 1.807) is 11.3 Å². The third kappa shape index (κ3) is 2.10. The van der Waals surface area contributed by atoms with Crippen molar-refractivity contribution in [3.05, 3.63) is 60.4 Å². The Bertz CT molecular complexity index is 603. The molecule has 0 saturated heterocycles. The Balaban J connectivity index is 2.06. The summed E-state index contributed by atoms with van der Waals surface area (Å²) in [5.74, 6) is 0. The van der Waals surface area contributed by atoms with Crippen molar-refractivity contribution in [1.29, 1.82) is 0 Å². The highest BCUT2D eigenvalue weighted by molar-refractivity contribution is 7.13. The third-order valence-corrected chi connectivity index (χ3v) is 3.35. The van der Waals surface area contributed by atoms with Crippen molar-refractivity contribution in [2.45, 2.75) is 0 Å². The lowest BCUT2D eigenvalue weighted by Crippen LogP contribution is -1.83. The molecule has 0 radical (unpaired) electrons. The number of benzene rings is 1. The topological polar surface area (TPSA) is 25.8 Å². The van der Waals surface area contributed by atoms with Crippen LogP contribution in [-0.2, 0) is 0 Å². The van der Waals surface area contributed by atoms with Crippen LogP contribution < -0.4 is 0 Å². The molecule has 3 rings (SSSR count). The summed E-state index contributed by atoms with van der Waals surface area (Å²) in [5.41, 5.74) is 3.37. The number of hydrogen-bond donors (Lipinski definition) is 0. The van der Waals surface area contributed by atoms with Crippen molar-refractivity contribution in [2.24, 2.45) is 0 Å². The zero-order valence-electron chi connectivity index (χ0n) is 9.08. The first-order valence-electron chi connectivity index (χ1n) is 5.34. The van der Waals surface area contributed by atoms with E-state index in [1.165, 1.54) is 5.56 Å². The number of pyridine rings is 1. The molecule has 3 heteroatoms. The third-order valence-electron chi connectivity index (χ3n) is 2.52. The maximum atomic E-state index is 4.30. The molecule has 0 N–H and O–H groups in total. The highest BCUT2D eigenvalue weighted by Crippen LogP contribution is 2.26. The van der Waals surface area contributed by atoms with Gasteiger partial charge in [-0.1, -0.05) is 30.3 Å². The molecule has 0 fully saturated rings. The van der Waals surface area contributed by atoms with Crippen LogP contribution in [0, 0.1) is 0 Å². The van der Waals surface area contributed by atoms with Crippen molar-refractivity contribution in [2.75, 3.05) is 0 Å². The van der Waals surface area contributed by atoms with Crippen molar-refractivity contribution < 1.29 is 0 Å². The van der Waals surface area contributed by atoms with E-state index in [0.29, 0.717) is 0 Å². The molecule has 0 saturated carbocycles. The summed E-state index contributed by atoms with van der Waals surface area (Å²) in [6.45, 7) is 0. The van der Waals surface area contributed by atoms with Crippen LogP contribution in [0.3, 0.4) is 0 Å². The molecule has 2 heterocycles. The second-order valence-electron chi connectivity index (χ2n) is 3.67. The summed E-state index contributed by atoms with van der Waals surface area (Å²) in [4.78, 5) is 8.58. The molecule has 0 bridgehead atoms. The quantitative estimate of drug-likeness (QED) is 0.677. The fourth-order valence-electron chi connectivity index (χ4n) is 1.71. The Morgan fingerprint density at radius 3 is 2.47 bits per heavy atom. The molecule has 1 aromatic carbocycles. The predicted molar refractivity (Wildman–Crippen MR) is 70.8 cm³/mol. The van der Waals surface area contributed by atoms with Crippen molar-refractivity contribution >= 4 is 11.3 Å². The molecule has 0 aliphatic rings. The molecule has 0 aliphatic carbocycles. The average Bonchev–Trinajstić information content (AvgIpc) is 2.94. The molecule has 0 unspecified atom stereocenters. The summed E-state index contributed by atoms with van der Waals surface area (Å²) < 4.78 is 0. The first-order valence-corrected chi connectivity index (χ1v) is 6.22. The highest BCUT2D eigenvalue weighted by atomic mass is 32.1. The number of nitrogens with zero attached hydrogens (tertiary/aromatic N) is 2. The fourth-order valence-corrected chi connectivity index (χ4v) is 2.33. The van der Waals surface area contributed by atoms with Gasteiger partial charge in [-0.2, -0.15) is 0 Å². The van der Waals surface area contributed by atoms with Gasteiger partial charge < -0.3 is 0 Å². The maximum Gasteiger partial charge on any atom is 0.124 e. The van der Waals surface area contributed by atoms with E-state index < -0.39 is 0 Å². The Morgan fingerprint density at radius 1 is 0.882 bits per heavy atom. The maximum absolute atomic E-state index is 4.30. The van der Waals surface area contributed by atoms with Crippen LogP contribution in [0.4, 0.5) is 0 Å². The molecule has 2 nitrogen and oxygen atoms in total. The molecule has 0 aliphatic heterocycles. The van der Waals surface area contributed by atoms with Gasteiger partial charge in [-0.25, -0.2) is 4.98 Å². The summed E-state index contributed by atoms with van der Waals surface area (Å²) in [6.07, 6.45) is 5.55. The lowest BCUT2D eigenvalue weighted by Gasteiger charge is -2.02. The summed E-state index contributed by atoms with van der Waals surface area (Å²) in [7, 11) is 0. The Kier molecular flexibility index (Phi) is 2.68. The summed E-state index contributed by atoms with van der Waals surface area (Å²) in [5, 5.41) is 2.99. The largest absolute Gasteiger partial charge is 0.263 e. The molecule has 2 aromatic heterocycles. The zero-order chi connectivity index (χ0) is 11.5. The first-order chi connectivity index (χ1) is 8.43. The normalized spacial score (nSPS) is 10.4. The molecular formula is C14H10N2S. The Labute approximate surface area is 104 Å². The van der Waals surface area contributed by atoms with E-state index in [4.69, 9.17) is 0 Å². The van der Waals surface area contributed by atoms with Crippen LogP contribution in [-0.4, -0.2) is 9.97 Å². The van der Waals surface area contributed by atoms with Crippen LogP contribution in [0.5, 0.6) is 0 Å². The molecule has 82 valence electrons. The predicted octanol–water partition coefficient (Wildman–Crippen LogP) is 3.87. The van der Waals surface area contributed by atoms with Gasteiger partial charge in [0.1, 0.15) is 5.01 Å². The van der Waals surface area contributed by atoms with Crippen LogP contribution in [0.25, 0.3) is 21.7 Å². The first kappa shape index (κ1) is 10.2. The van der Waals surface area contributed by atoms with E-state index >= 15 is 0 Å². The Morgan fingerprint density at radius 2 is 1.71 bits per heavy atom. The van der Waals surface area contributed by atoms with Crippen molar-refractivity contribution in [1.82, 2.24) is 9.97 Å². The SMILES string of the molecule is c1ccc(-c2cncc(-c3nccs3)c2)cc1. The van der Waals surface area contributed by atoms with E-state index in [-0.39, 0.29) is 0 Å². The van der Waals surface area contributed by atoms with Crippen LogP contribution >= 0.6 is 11.3 Å². The van der Waals surface area contributed by atoms with Gasteiger partial charge in [-0.05, 0) is 11.6 Å². The number of rotatable bonds is 2. The molecular weight excluding hydrogens is 228 g/mol. The standard InChI is InChI=1S/C14H10N2S/c1-2-4-11(5-3-1)12-8-13(10-15-9-12)14-16-6-7-17-14/h1-10H. The lowest BCUT2D eigenvalue weighted by molar-refractivity contribution is 1.31. The highest BCUT2D eigenvalue weighted by Gasteiger charge is 2.03. The van der Waals surface area contributed by atoms with Gasteiger partial charge in [0, 0.05) is 35.1 Å². The van der Waals surface area contributed by atoms with Gasteiger partial charge in [0.25, 0.3) is 0 Å². The number of aromatic nitrogens is 2. The van der Waals surface area contributed by atoms with Crippen LogP contribution in [0.2, 0.25) is 0 Å². The van der Waals surface area contributed by atoms with Gasteiger partial charge in [-0.15, -0.1) is 11.3 Å². The molecule has 0 spiro atoms. The zero-order valence-corrected chi connectivity index (χ0v) is 9.89. The van der Waals surface area contributed by atoms with Crippen LogP contribution in [0.15, 0.2) is 60.4 Å². The van der Waals surface area contributed by atoms with Gasteiger partial charge in [-0.3, -0.25) is 4.98 Å². The monoisotopic (exact) mass is 238 g/mol. The molecule has 0 atom stereocenters. The molecule has 3 aromatic rings. The van der Waals surface area contributed by atoms with Gasteiger partial charge in [0.05, 0.1) is 0 Å². The van der Waals surface area contributed by atoms with E-state index in [1.807, 2.05) is 42.2 Å². The van der Waals surface area contributed by atoms with Gasteiger partial charge in [0.15, 0.2) is 0 Å².